The third kappa shape index (κ3) is 6.99. The molecule has 0 N–H and O–H groups in total. The molecular weight excluding hydrogens is 743 g/mol. The number of halogens is 29. The molecule has 0 heterocycles. The van der Waals surface area contributed by atoms with Gasteiger partial charge in [-0.2, -0.15) is 114 Å². The van der Waals surface area contributed by atoms with Gasteiger partial charge in [0.15, 0.2) is 6.17 Å². The highest BCUT2D eigenvalue weighted by Gasteiger charge is 2.95. The second kappa shape index (κ2) is 11.9. The Hall–Kier alpha value is -2.03. The zero-order valence-corrected chi connectivity index (χ0v) is 19.8. The molecule has 0 saturated heterocycles. The summed E-state index contributed by atoms with van der Waals surface area (Å²) in [6.07, 6.45) is -41.6. The molecule has 2 unspecified atom stereocenters. The van der Waals surface area contributed by atoms with Crippen LogP contribution in [-0.4, -0.2) is 84.2 Å². The van der Waals surface area contributed by atoms with E-state index in [0.29, 0.717) is 0 Å². The fourth-order valence-corrected chi connectivity index (χ4v) is 2.26. The van der Waals surface area contributed by atoms with Gasteiger partial charge < -0.3 is 0 Å². The molecule has 29 heteroatoms. The Morgan fingerprint density at radius 1 is 0.333 bits per heavy atom. The minimum atomic E-state index is -8.56. The second-order valence-electron chi connectivity index (χ2n) is 8.05. The van der Waals surface area contributed by atoms with E-state index in [0.717, 1.165) is 0 Å². The van der Waals surface area contributed by atoms with Gasteiger partial charge in [0.1, 0.15) is 0 Å². The van der Waals surface area contributed by atoms with Gasteiger partial charge in [0.25, 0.3) is 0 Å². The largest absolute Gasteiger partial charge is 0.460 e. The van der Waals surface area contributed by atoms with E-state index in [1.807, 2.05) is 0 Å². The summed E-state index contributed by atoms with van der Waals surface area (Å²) in [7, 11) is 0. The van der Waals surface area contributed by atoms with Gasteiger partial charge in [0.05, 0.1) is 0 Å². The molecule has 0 amide bonds. The van der Waals surface area contributed by atoms with Gasteiger partial charge in [-0.05, 0) is 0 Å². The maximum absolute atomic E-state index is 13.1. The number of alkyl halides is 29. The highest BCUT2D eigenvalue weighted by molar-refractivity contribution is 5.15. The predicted octanol–water partition coefficient (Wildman–Crippen LogP) is 10.5. The first-order valence-electron chi connectivity index (χ1n) is 9.76. The highest BCUT2D eigenvalue weighted by atomic mass is 19.4. The van der Waals surface area contributed by atoms with Crippen molar-refractivity contribution in [1.29, 1.82) is 0 Å². The fraction of sp³-hybridized carbons (Fsp3) is 1.00. The van der Waals surface area contributed by atoms with E-state index in [1.165, 1.54) is 0 Å². The minimum absolute atomic E-state index is 0.0628. The summed E-state index contributed by atoms with van der Waals surface area (Å²) >= 11 is 0. The van der Waals surface area contributed by atoms with Crippen LogP contribution in [0.5, 0.6) is 0 Å². The molecule has 0 radical (unpaired) electrons. The monoisotopic (exact) mass is 750 g/mol. The van der Waals surface area contributed by atoms with Gasteiger partial charge >= 0.3 is 71.8 Å². The molecule has 0 fully saturated rings. The van der Waals surface area contributed by atoms with E-state index in [1.54, 1.807) is 0 Å². The van der Waals surface area contributed by atoms with Crippen LogP contribution in [0.3, 0.4) is 0 Å². The van der Waals surface area contributed by atoms with Gasteiger partial charge in [-0.3, -0.25) is 0 Å². The van der Waals surface area contributed by atoms with E-state index in [-0.39, 0.29) is 6.92 Å². The highest BCUT2D eigenvalue weighted by Crippen LogP contribution is 2.64. The Morgan fingerprint density at radius 3 is 0.778 bits per heavy atom. The summed E-state index contributed by atoms with van der Waals surface area (Å²) in [5.74, 6) is -55.6. The molecular formula is C16H7F29. The third-order valence-corrected chi connectivity index (χ3v) is 5.01. The molecule has 0 nitrogen and oxygen atoms in total. The molecule has 0 rings (SSSR count). The third-order valence-electron chi connectivity index (χ3n) is 5.01. The van der Waals surface area contributed by atoms with E-state index in [9.17, 15) is 127 Å². The number of hydrogen-bond acceptors (Lipinski definition) is 0. The SMILES string of the molecule is CCC(F)(F)C(F)(F)C(F)(F)C(F)(F)C(F)(F)C(F)(F)C(F)(F)C(F)(F)F.FC(C(F)C(F)(C(F)(F)F)C(F)(F)F)C(F)(F)F. The van der Waals surface area contributed by atoms with Crippen LogP contribution in [0.1, 0.15) is 13.3 Å². The molecule has 0 saturated carbocycles. The molecule has 0 aromatic heterocycles. The Balaban J connectivity index is 0. The molecule has 0 spiro atoms. The zero-order chi connectivity index (χ0) is 37.9. The minimum Gasteiger partial charge on any atom is -0.240 e. The van der Waals surface area contributed by atoms with E-state index in [2.05, 4.69) is 0 Å². The average molecular weight is 750 g/mol. The van der Waals surface area contributed by atoms with Gasteiger partial charge in [-0.1, -0.05) is 6.92 Å². The van der Waals surface area contributed by atoms with Gasteiger partial charge in [-0.15, -0.1) is 0 Å². The summed E-state index contributed by atoms with van der Waals surface area (Å²) in [4.78, 5) is 0. The Bertz CT molecular complexity index is 956. The van der Waals surface area contributed by atoms with Crippen LogP contribution in [0.25, 0.3) is 0 Å². The first-order chi connectivity index (χ1) is 18.9. The van der Waals surface area contributed by atoms with Gasteiger partial charge in [0.2, 0.25) is 6.17 Å². The van der Waals surface area contributed by atoms with E-state index >= 15 is 0 Å². The Labute approximate surface area is 226 Å². The number of rotatable bonds is 9. The maximum Gasteiger partial charge on any atom is 0.460 e. The van der Waals surface area contributed by atoms with Crippen molar-refractivity contribution in [2.24, 2.45) is 0 Å². The van der Waals surface area contributed by atoms with Crippen LogP contribution in [0, 0.1) is 0 Å². The Morgan fingerprint density at radius 2 is 0.578 bits per heavy atom. The quantitative estimate of drug-likeness (QED) is 0.206. The first kappa shape index (κ1) is 45.1. The van der Waals surface area contributed by atoms with E-state index < -0.39 is 90.6 Å². The van der Waals surface area contributed by atoms with Gasteiger partial charge in [-0.25, -0.2) is 13.2 Å². The zero-order valence-electron chi connectivity index (χ0n) is 19.8. The first-order valence-corrected chi connectivity index (χ1v) is 9.76. The van der Waals surface area contributed by atoms with Gasteiger partial charge in [0, 0.05) is 6.42 Å². The van der Waals surface area contributed by atoms with Crippen molar-refractivity contribution in [3.63, 3.8) is 0 Å². The Kier molecular flexibility index (Phi) is 11.9. The summed E-state index contributed by atoms with van der Waals surface area (Å²) < 4.78 is 357. The lowest BCUT2D eigenvalue weighted by Gasteiger charge is -2.42. The summed E-state index contributed by atoms with van der Waals surface area (Å²) in [6.45, 7) is -0.0628. The molecule has 0 bridgehead atoms. The fourth-order valence-electron chi connectivity index (χ4n) is 2.26. The molecule has 0 aliphatic rings. The van der Waals surface area contributed by atoms with Crippen LogP contribution in [0.4, 0.5) is 127 Å². The number of hydrogen-bond donors (Lipinski definition) is 0. The second-order valence-corrected chi connectivity index (χ2v) is 8.05. The molecule has 0 aliphatic carbocycles. The summed E-state index contributed by atoms with van der Waals surface area (Å²) in [6, 6.07) is 0. The maximum atomic E-state index is 13.1. The molecule has 274 valence electrons. The van der Waals surface area contributed by atoms with Crippen LogP contribution in [0.2, 0.25) is 0 Å². The van der Waals surface area contributed by atoms with Crippen molar-refractivity contribution < 1.29 is 127 Å². The molecule has 45 heavy (non-hydrogen) atoms. The normalized spacial score (nSPS) is 17.5. The summed E-state index contributed by atoms with van der Waals surface area (Å²) in [5, 5.41) is 0. The predicted molar refractivity (Wildman–Crippen MR) is 82.8 cm³/mol. The van der Waals surface area contributed by atoms with Crippen molar-refractivity contribution in [3.8, 4) is 0 Å². The lowest BCUT2D eigenvalue weighted by molar-refractivity contribution is -0.461. The smallest absolute Gasteiger partial charge is 0.240 e. The molecule has 0 aromatic carbocycles. The molecule has 2 atom stereocenters. The van der Waals surface area contributed by atoms with Crippen molar-refractivity contribution in [3.05, 3.63) is 0 Å². The van der Waals surface area contributed by atoms with E-state index in [4.69, 9.17) is 0 Å². The van der Waals surface area contributed by atoms with Crippen molar-refractivity contribution in [2.75, 3.05) is 0 Å². The molecule has 0 aliphatic heterocycles. The van der Waals surface area contributed by atoms with Crippen LogP contribution < -0.4 is 0 Å². The lowest BCUT2D eigenvalue weighted by Crippen LogP contribution is -2.74. The average Bonchev–Trinajstić information content (AvgIpc) is 2.79. The van der Waals surface area contributed by atoms with Crippen molar-refractivity contribution >= 4 is 0 Å². The summed E-state index contributed by atoms with van der Waals surface area (Å²) in [5.41, 5.74) is -6.95. The van der Waals surface area contributed by atoms with Crippen LogP contribution in [0.15, 0.2) is 0 Å². The van der Waals surface area contributed by atoms with Crippen LogP contribution >= 0.6 is 0 Å². The standard InChI is InChI=1S/C10H5F17.C6H2F12/c1-2-3(11,12)4(13,14)5(15,16)6(17,18)7(19,20)8(21,22)9(23,24)10(25,26)27;7-1(2(8)4(10,11)12)3(9,5(13,14)15)6(16,17)18/h2H2,1H3;1-2H. The van der Waals surface area contributed by atoms with Crippen LogP contribution in [-0.2, 0) is 0 Å². The lowest BCUT2D eigenvalue weighted by atomic mass is 9.88. The van der Waals surface area contributed by atoms with Crippen molar-refractivity contribution in [1.82, 2.24) is 0 Å². The topological polar surface area (TPSA) is 0 Å². The van der Waals surface area contributed by atoms with Crippen molar-refractivity contribution in [2.45, 2.75) is 97.5 Å². The molecule has 0 aromatic rings.